The van der Waals surface area contributed by atoms with Crippen molar-refractivity contribution in [1.29, 1.82) is 0 Å². The van der Waals surface area contributed by atoms with Crippen LogP contribution < -0.4 is 10.6 Å². The maximum absolute atomic E-state index is 13.7. The molecule has 5 rings (SSSR count). The minimum atomic E-state index is -0.445. The van der Waals surface area contributed by atoms with Crippen LogP contribution in [0.2, 0.25) is 0 Å². The first-order valence-corrected chi connectivity index (χ1v) is 11.8. The second-order valence-electron chi connectivity index (χ2n) is 8.41. The summed E-state index contributed by atoms with van der Waals surface area (Å²) in [7, 11) is 0. The van der Waals surface area contributed by atoms with E-state index in [0.29, 0.717) is 35.4 Å². The first-order valence-electron chi connectivity index (χ1n) is 10.9. The van der Waals surface area contributed by atoms with Gasteiger partial charge in [-0.15, -0.1) is 11.3 Å². The highest BCUT2D eigenvalue weighted by Crippen LogP contribution is 2.46. The highest BCUT2D eigenvalue weighted by atomic mass is 32.1. The van der Waals surface area contributed by atoms with Crippen LogP contribution in [0.1, 0.15) is 42.0 Å². The van der Waals surface area contributed by atoms with Crippen molar-refractivity contribution in [2.24, 2.45) is 0 Å². The van der Waals surface area contributed by atoms with Crippen molar-refractivity contribution in [2.45, 2.75) is 31.6 Å². The van der Waals surface area contributed by atoms with E-state index in [-0.39, 0.29) is 17.6 Å². The standard InChI is InChI=1S/C27H23FN2O2S/c1-16-24(27(32)30-20-10-5-9-19(28)15-20)26(23-11-6-12-33-23)25-21(29-16)13-18(14-22(25)31)17-7-3-2-4-8-17/h2-12,15,18,26,29H,13-14H2,1H3,(H,30,32)/t18-,26+/m1/s1. The van der Waals surface area contributed by atoms with Crippen LogP contribution in [0.5, 0.6) is 0 Å². The number of benzene rings is 2. The first kappa shape index (κ1) is 21.3. The third-order valence-corrected chi connectivity index (χ3v) is 7.19. The van der Waals surface area contributed by atoms with Gasteiger partial charge in [0.05, 0.1) is 5.92 Å². The van der Waals surface area contributed by atoms with Gasteiger partial charge < -0.3 is 10.6 Å². The molecule has 2 aromatic carbocycles. The number of carbonyl (C=O) groups excluding carboxylic acids is 2. The molecule has 1 amide bonds. The third kappa shape index (κ3) is 4.14. The van der Waals surface area contributed by atoms with Crippen molar-refractivity contribution in [3.05, 3.63) is 111 Å². The van der Waals surface area contributed by atoms with Gasteiger partial charge in [0.25, 0.3) is 5.91 Å². The minimum Gasteiger partial charge on any atom is -0.362 e. The Kier molecular flexibility index (Phi) is 5.68. The Morgan fingerprint density at radius 1 is 1.06 bits per heavy atom. The molecule has 1 aliphatic heterocycles. The van der Waals surface area contributed by atoms with Crippen LogP contribution in [0.4, 0.5) is 10.1 Å². The average molecular weight is 459 g/mol. The summed E-state index contributed by atoms with van der Waals surface area (Å²) in [6.07, 6.45) is 1.12. The number of halogens is 1. The lowest BCUT2D eigenvalue weighted by molar-refractivity contribution is -0.116. The second kappa shape index (κ2) is 8.79. The fourth-order valence-corrected chi connectivity index (χ4v) is 5.65. The van der Waals surface area contributed by atoms with E-state index >= 15 is 0 Å². The molecular formula is C27H23FN2O2S. The van der Waals surface area contributed by atoms with Crippen molar-refractivity contribution in [3.63, 3.8) is 0 Å². The monoisotopic (exact) mass is 458 g/mol. The lowest BCUT2D eigenvalue weighted by Crippen LogP contribution is -2.36. The summed E-state index contributed by atoms with van der Waals surface area (Å²) in [5.74, 6) is -1.05. The number of Topliss-reactive ketones (excluding diaryl/α,β-unsaturated/α-hetero) is 1. The van der Waals surface area contributed by atoms with Crippen LogP contribution in [-0.2, 0) is 9.59 Å². The van der Waals surface area contributed by atoms with Crippen LogP contribution in [0.15, 0.2) is 94.7 Å². The Morgan fingerprint density at radius 3 is 2.61 bits per heavy atom. The normalized spacial score (nSPS) is 20.4. The molecule has 1 aromatic heterocycles. The molecule has 4 nitrogen and oxygen atoms in total. The zero-order chi connectivity index (χ0) is 22.9. The minimum absolute atomic E-state index is 0.0551. The number of hydrogen-bond acceptors (Lipinski definition) is 4. The third-order valence-electron chi connectivity index (χ3n) is 6.25. The van der Waals surface area contributed by atoms with Crippen molar-refractivity contribution < 1.29 is 14.0 Å². The van der Waals surface area contributed by atoms with Gasteiger partial charge in [0.1, 0.15) is 5.82 Å². The molecule has 3 aromatic rings. The molecule has 33 heavy (non-hydrogen) atoms. The summed E-state index contributed by atoms with van der Waals surface area (Å²) in [6, 6.07) is 19.8. The Morgan fingerprint density at radius 2 is 1.88 bits per heavy atom. The summed E-state index contributed by atoms with van der Waals surface area (Å²) in [4.78, 5) is 27.8. The lowest BCUT2D eigenvalue weighted by atomic mass is 9.73. The Hall–Kier alpha value is -3.51. The van der Waals surface area contributed by atoms with Gasteiger partial charge >= 0.3 is 0 Å². The number of nitrogens with one attached hydrogen (secondary N) is 2. The van der Waals surface area contributed by atoms with Gasteiger partial charge in [-0.25, -0.2) is 4.39 Å². The molecule has 0 unspecified atom stereocenters. The van der Waals surface area contributed by atoms with E-state index in [0.717, 1.165) is 16.1 Å². The summed E-state index contributed by atoms with van der Waals surface area (Å²) in [6.45, 7) is 1.86. The molecule has 166 valence electrons. The molecule has 0 radical (unpaired) electrons. The average Bonchev–Trinajstić information content (AvgIpc) is 3.33. The molecule has 0 bridgehead atoms. The molecule has 2 heterocycles. The van der Waals surface area contributed by atoms with Crippen molar-refractivity contribution in [2.75, 3.05) is 5.32 Å². The summed E-state index contributed by atoms with van der Waals surface area (Å²) < 4.78 is 13.7. The number of anilines is 1. The predicted octanol–water partition coefficient (Wildman–Crippen LogP) is 5.89. The number of ketones is 1. The lowest BCUT2D eigenvalue weighted by Gasteiger charge is -2.36. The second-order valence-corrected chi connectivity index (χ2v) is 9.39. The van der Waals surface area contributed by atoms with E-state index in [9.17, 15) is 14.0 Å². The quantitative estimate of drug-likeness (QED) is 0.513. The molecule has 2 atom stereocenters. The number of rotatable bonds is 4. The number of carbonyl (C=O) groups is 2. The Bertz CT molecular complexity index is 1280. The van der Waals surface area contributed by atoms with E-state index in [2.05, 4.69) is 22.8 Å². The van der Waals surface area contributed by atoms with Gasteiger partial charge in [0.2, 0.25) is 0 Å². The Balaban J connectivity index is 1.53. The molecule has 0 fully saturated rings. The van der Waals surface area contributed by atoms with Gasteiger partial charge in [0.15, 0.2) is 5.78 Å². The molecule has 0 saturated carbocycles. The van der Waals surface area contributed by atoms with Crippen LogP contribution in [0.3, 0.4) is 0 Å². The van der Waals surface area contributed by atoms with E-state index in [1.807, 2.05) is 42.6 Å². The SMILES string of the molecule is CC1=C(C(=O)Nc2cccc(F)c2)[C@H](c2cccs2)C2=C(C[C@@H](c3ccccc3)CC2=O)N1. The summed E-state index contributed by atoms with van der Waals surface area (Å²) in [5, 5.41) is 8.14. The smallest absolute Gasteiger partial charge is 0.254 e. The molecular weight excluding hydrogens is 435 g/mol. The molecule has 6 heteroatoms. The largest absolute Gasteiger partial charge is 0.362 e. The van der Waals surface area contributed by atoms with Gasteiger partial charge in [-0.1, -0.05) is 42.5 Å². The van der Waals surface area contributed by atoms with Crippen LogP contribution in [-0.4, -0.2) is 11.7 Å². The fraction of sp³-hybridized carbons (Fsp3) is 0.185. The van der Waals surface area contributed by atoms with Crippen LogP contribution >= 0.6 is 11.3 Å². The van der Waals surface area contributed by atoms with Crippen molar-refractivity contribution in [1.82, 2.24) is 5.32 Å². The van der Waals surface area contributed by atoms with Gasteiger partial charge in [-0.3, -0.25) is 9.59 Å². The highest BCUT2D eigenvalue weighted by molar-refractivity contribution is 7.10. The maximum Gasteiger partial charge on any atom is 0.254 e. The topological polar surface area (TPSA) is 58.2 Å². The van der Waals surface area contributed by atoms with Gasteiger partial charge in [-0.2, -0.15) is 0 Å². The number of allylic oxidation sites excluding steroid dienone is 3. The summed E-state index contributed by atoms with van der Waals surface area (Å²) in [5.41, 5.74) is 4.28. The van der Waals surface area contributed by atoms with Crippen LogP contribution in [0, 0.1) is 5.82 Å². The fourth-order valence-electron chi connectivity index (χ4n) is 4.81. The van der Waals surface area contributed by atoms with Gasteiger partial charge in [-0.05, 0) is 54.5 Å². The number of amides is 1. The molecule has 2 N–H and O–H groups in total. The Labute approximate surface area is 195 Å². The zero-order valence-corrected chi connectivity index (χ0v) is 18.9. The number of hydrogen-bond donors (Lipinski definition) is 2. The van der Waals surface area contributed by atoms with E-state index < -0.39 is 11.7 Å². The van der Waals surface area contributed by atoms with E-state index in [4.69, 9.17) is 0 Å². The first-order chi connectivity index (χ1) is 16.0. The molecule has 2 aliphatic rings. The van der Waals surface area contributed by atoms with Gasteiger partial charge in [0, 0.05) is 39.5 Å². The van der Waals surface area contributed by atoms with E-state index in [1.165, 1.54) is 23.5 Å². The van der Waals surface area contributed by atoms with Crippen molar-refractivity contribution in [3.8, 4) is 0 Å². The maximum atomic E-state index is 13.7. The van der Waals surface area contributed by atoms with Crippen LogP contribution in [0.25, 0.3) is 0 Å². The molecule has 0 saturated heterocycles. The zero-order valence-electron chi connectivity index (χ0n) is 18.1. The highest BCUT2D eigenvalue weighted by Gasteiger charge is 2.41. The van der Waals surface area contributed by atoms with E-state index in [1.54, 1.807) is 12.1 Å². The van der Waals surface area contributed by atoms with Crippen molar-refractivity contribution >= 4 is 28.7 Å². The molecule has 0 spiro atoms. The number of dihydropyridines is 1. The summed E-state index contributed by atoms with van der Waals surface area (Å²) >= 11 is 1.53. The molecule has 1 aliphatic carbocycles. The predicted molar refractivity (Wildman–Crippen MR) is 128 cm³/mol. The number of thiophene rings is 1.